The van der Waals surface area contributed by atoms with Crippen LogP contribution in [0.1, 0.15) is 16.1 Å². The predicted molar refractivity (Wildman–Crippen MR) is 70.7 cm³/mol. The van der Waals surface area contributed by atoms with Gasteiger partial charge in [-0.2, -0.15) is 0 Å². The Morgan fingerprint density at radius 2 is 2.24 bits per heavy atom. The highest BCUT2D eigenvalue weighted by molar-refractivity contribution is 7.10. The van der Waals surface area contributed by atoms with Crippen molar-refractivity contribution in [2.45, 2.75) is 19.8 Å². The SMILES string of the molecule is Cc1ccn2c3c(nc2c1)-c1ccsc1CC3. The minimum absolute atomic E-state index is 1.08. The van der Waals surface area contributed by atoms with Crippen LogP contribution in [0.25, 0.3) is 16.9 Å². The number of rotatable bonds is 0. The highest BCUT2D eigenvalue weighted by Gasteiger charge is 2.22. The Kier molecular flexibility index (Phi) is 1.77. The van der Waals surface area contributed by atoms with Gasteiger partial charge in [-0.05, 0) is 48.9 Å². The van der Waals surface area contributed by atoms with Crippen LogP contribution in [0.5, 0.6) is 0 Å². The molecule has 0 bridgehead atoms. The van der Waals surface area contributed by atoms with E-state index in [0.717, 1.165) is 18.5 Å². The summed E-state index contributed by atoms with van der Waals surface area (Å²) in [4.78, 5) is 6.28. The molecule has 0 unspecified atom stereocenters. The number of aromatic nitrogens is 2. The molecule has 4 rings (SSSR count). The molecule has 0 amide bonds. The van der Waals surface area contributed by atoms with Crippen LogP contribution in [-0.4, -0.2) is 9.38 Å². The summed E-state index contributed by atoms with van der Waals surface area (Å²) in [6.07, 6.45) is 4.41. The largest absolute Gasteiger partial charge is 0.303 e. The van der Waals surface area contributed by atoms with E-state index in [9.17, 15) is 0 Å². The van der Waals surface area contributed by atoms with Crippen LogP contribution in [0, 0.1) is 6.92 Å². The van der Waals surface area contributed by atoms with Crippen LogP contribution in [-0.2, 0) is 12.8 Å². The zero-order valence-electron chi connectivity index (χ0n) is 9.60. The van der Waals surface area contributed by atoms with Gasteiger partial charge in [0.05, 0.1) is 11.4 Å². The van der Waals surface area contributed by atoms with Gasteiger partial charge in [-0.1, -0.05) is 0 Å². The van der Waals surface area contributed by atoms with E-state index in [2.05, 4.69) is 41.1 Å². The van der Waals surface area contributed by atoms with Gasteiger partial charge in [-0.3, -0.25) is 0 Å². The molecule has 84 valence electrons. The van der Waals surface area contributed by atoms with Crippen molar-refractivity contribution >= 4 is 17.0 Å². The van der Waals surface area contributed by atoms with Gasteiger partial charge in [0.25, 0.3) is 0 Å². The fraction of sp³-hybridized carbons (Fsp3) is 0.214. The molecule has 1 aliphatic rings. The molecule has 3 heteroatoms. The Balaban J connectivity index is 2.10. The molecule has 1 aliphatic carbocycles. The predicted octanol–water partition coefficient (Wildman–Crippen LogP) is 3.47. The fourth-order valence-corrected chi connectivity index (χ4v) is 3.51. The third-order valence-corrected chi connectivity index (χ3v) is 4.45. The molecular formula is C14H12N2S. The van der Waals surface area contributed by atoms with Crippen LogP contribution in [0.2, 0.25) is 0 Å². The molecule has 2 nitrogen and oxygen atoms in total. The fourth-order valence-electron chi connectivity index (χ4n) is 2.63. The van der Waals surface area contributed by atoms with Crippen LogP contribution >= 0.6 is 11.3 Å². The van der Waals surface area contributed by atoms with Crippen molar-refractivity contribution in [3.05, 3.63) is 45.9 Å². The molecule has 0 fully saturated rings. The second-order valence-electron chi connectivity index (χ2n) is 4.60. The zero-order valence-corrected chi connectivity index (χ0v) is 10.4. The maximum absolute atomic E-state index is 4.80. The van der Waals surface area contributed by atoms with E-state index in [1.165, 1.54) is 27.4 Å². The lowest BCUT2D eigenvalue weighted by Gasteiger charge is -2.11. The minimum atomic E-state index is 1.08. The summed E-state index contributed by atoms with van der Waals surface area (Å²) in [7, 11) is 0. The lowest BCUT2D eigenvalue weighted by Crippen LogP contribution is -2.02. The molecule has 0 aromatic carbocycles. The summed E-state index contributed by atoms with van der Waals surface area (Å²) in [5, 5.41) is 2.18. The van der Waals surface area contributed by atoms with Crippen LogP contribution in [0.4, 0.5) is 0 Å². The number of fused-ring (bicyclic) bond motifs is 5. The number of aryl methyl sites for hydroxylation is 3. The van der Waals surface area contributed by atoms with Crippen LogP contribution in [0.3, 0.4) is 0 Å². The molecule has 0 saturated carbocycles. The second-order valence-corrected chi connectivity index (χ2v) is 5.60. The van der Waals surface area contributed by atoms with E-state index < -0.39 is 0 Å². The lowest BCUT2D eigenvalue weighted by molar-refractivity contribution is 0.894. The van der Waals surface area contributed by atoms with Gasteiger partial charge < -0.3 is 4.40 Å². The standard InChI is InChI=1S/C14H12N2S/c1-9-4-6-16-11-2-3-12-10(5-7-17-12)14(11)15-13(16)8-9/h4-8H,2-3H2,1H3. The maximum atomic E-state index is 4.80. The van der Waals surface area contributed by atoms with E-state index >= 15 is 0 Å². The average molecular weight is 240 g/mol. The quantitative estimate of drug-likeness (QED) is 0.588. The first-order valence-corrected chi connectivity index (χ1v) is 6.75. The maximum Gasteiger partial charge on any atom is 0.137 e. The molecule has 0 spiro atoms. The Labute approximate surface area is 104 Å². The monoisotopic (exact) mass is 240 g/mol. The van der Waals surface area contributed by atoms with Gasteiger partial charge in [0.1, 0.15) is 5.65 Å². The first-order valence-electron chi connectivity index (χ1n) is 5.87. The van der Waals surface area contributed by atoms with Crippen molar-refractivity contribution in [3.63, 3.8) is 0 Å². The molecule has 3 aromatic heterocycles. The normalized spacial score (nSPS) is 13.7. The molecule has 0 radical (unpaired) electrons. The number of nitrogens with zero attached hydrogens (tertiary/aromatic N) is 2. The van der Waals surface area contributed by atoms with Gasteiger partial charge in [-0.25, -0.2) is 4.98 Å². The van der Waals surface area contributed by atoms with E-state index in [1.807, 2.05) is 11.3 Å². The second kappa shape index (κ2) is 3.20. The molecule has 0 N–H and O–H groups in total. The van der Waals surface area contributed by atoms with Gasteiger partial charge >= 0.3 is 0 Å². The van der Waals surface area contributed by atoms with Gasteiger partial charge in [-0.15, -0.1) is 11.3 Å². The summed E-state index contributed by atoms with van der Waals surface area (Å²) < 4.78 is 2.24. The lowest BCUT2D eigenvalue weighted by atomic mass is 10.0. The Morgan fingerprint density at radius 1 is 1.29 bits per heavy atom. The van der Waals surface area contributed by atoms with E-state index in [4.69, 9.17) is 4.98 Å². The first-order chi connectivity index (χ1) is 8.33. The number of imidazole rings is 1. The minimum Gasteiger partial charge on any atom is -0.303 e. The third-order valence-electron chi connectivity index (χ3n) is 3.47. The van der Waals surface area contributed by atoms with Crippen molar-refractivity contribution in [1.82, 2.24) is 9.38 Å². The number of thiophene rings is 1. The molecule has 0 atom stereocenters. The van der Waals surface area contributed by atoms with Crippen molar-refractivity contribution in [3.8, 4) is 11.3 Å². The summed E-state index contributed by atoms with van der Waals surface area (Å²) in [5.41, 5.74) is 6.25. The summed E-state index contributed by atoms with van der Waals surface area (Å²) in [6, 6.07) is 6.51. The van der Waals surface area contributed by atoms with E-state index in [0.29, 0.717) is 0 Å². The van der Waals surface area contributed by atoms with E-state index in [1.54, 1.807) is 0 Å². The zero-order chi connectivity index (χ0) is 11.4. The molecule has 3 aromatic rings. The summed E-state index contributed by atoms with van der Waals surface area (Å²) in [6.45, 7) is 2.11. The van der Waals surface area contributed by atoms with Crippen molar-refractivity contribution in [1.29, 1.82) is 0 Å². The van der Waals surface area contributed by atoms with Crippen LogP contribution in [0.15, 0.2) is 29.8 Å². The molecule has 3 heterocycles. The summed E-state index contributed by atoms with van der Waals surface area (Å²) in [5.74, 6) is 0. The highest BCUT2D eigenvalue weighted by atomic mass is 32.1. The van der Waals surface area contributed by atoms with Crippen LogP contribution < -0.4 is 0 Å². The third kappa shape index (κ3) is 1.23. The van der Waals surface area contributed by atoms with Crippen molar-refractivity contribution < 1.29 is 0 Å². The average Bonchev–Trinajstić information content (AvgIpc) is 2.90. The number of hydrogen-bond donors (Lipinski definition) is 0. The Hall–Kier alpha value is -1.61. The molecule has 17 heavy (non-hydrogen) atoms. The van der Waals surface area contributed by atoms with Gasteiger partial charge in [0.2, 0.25) is 0 Å². The summed E-state index contributed by atoms with van der Waals surface area (Å²) >= 11 is 1.85. The van der Waals surface area contributed by atoms with Gasteiger partial charge in [0, 0.05) is 16.6 Å². The molecule has 0 aliphatic heterocycles. The first kappa shape index (κ1) is 9.42. The van der Waals surface area contributed by atoms with Crippen molar-refractivity contribution in [2.75, 3.05) is 0 Å². The Morgan fingerprint density at radius 3 is 3.18 bits per heavy atom. The molecular weight excluding hydrogens is 228 g/mol. The number of pyridine rings is 1. The van der Waals surface area contributed by atoms with Gasteiger partial charge in [0.15, 0.2) is 0 Å². The topological polar surface area (TPSA) is 17.3 Å². The molecule has 0 saturated heterocycles. The van der Waals surface area contributed by atoms with E-state index in [-0.39, 0.29) is 0 Å². The number of hydrogen-bond acceptors (Lipinski definition) is 2. The Bertz CT molecular complexity index is 721. The highest BCUT2D eigenvalue weighted by Crippen LogP contribution is 2.36. The smallest absolute Gasteiger partial charge is 0.137 e. The van der Waals surface area contributed by atoms with Crippen molar-refractivity contribution in [2.24, 2.45) is 0 Å².